The van der Waals surface area contributed by atoms with Gasteiger partial charge in [0.15, 0.2) is 0 Å². The number of benzene rings is 1. The van der Waals surface area contributed by atoms with Gasteiger partial charge in [0.25, 0.3) is 0 Å². The molecule has 0 aromatic heterocycles. The molecule has 6 heteroatoms. The molecule has 0 spiro atoms. The van der Waals surface area contributed by atoms with E-state index >= 15 is 0 Å². The van der Waals surface area contributed by atoms with Gasteiger partial charge in [0, 0.05) is 5.46 Å². The summed E-state index contributed by atoms with van der Waals surface area (Å²) in [4.78, 5) is 0. The predicted octanol–water partition coefficient (Wildman–Crippen LogP) is 1.89. The van der Waals surface area contributed by atoms with Gasteiger partial charge in [-0.15, -0.1) is 0 Å². The van der Waals surface area contributed by atoms with E-state index in [0.29, 0.717) is 5.75 Å². The molecule has 0 atom stereocenters. The quantitative estimate of drug-likeness (QED) is 0.825. The fourth-order valence-corrected chi connectivity index (χ4v) is 2.25. The van der Waals surface area contributed by atoms with Crippen molar-refractivity contribution in [3.8, 4) is 5.75 Å². The Morgan fingerprint density at radius 1 is 1.22 bits per heavy atom. The Labute approximate surface area is 109 Å². The first kappa shape index (κ1) is 15.2. The molecule has 0 saturated heterocycles. The molecular weight excluding hydrogens is 250 g/mol. The Hall–Kier alpha value is -0.848. The number of hydrogen-bond acceptors (Lipinski definition) is 3. The molecular formula is C12H20BFO3Si. The van der Waals surface area contributed by atoms with E-state index in [9.17, 15) is 4.39 Å². The normalized spacial score (nSPS) is 12.4. The summed E-state index contributed by atoms with van der Waals surface area (Å²) >= 11 is 0. The van der Waals surface area contributed by atoms with Crippen molar-refractivity contribution < 1.29 is 18.9 Å². The maximum absolute atomic E-state index is 13.3. The lowest BCUT2D eigenvalue weighted by Crippen LogP contribution is -2.44. The van der Waals surface area contributed by atoms with Crippen LogP contribution in [0.15, 0.2) is 18.2 Å². The Morgan fingerprint density at radius 3 is 2.22 bits per heavy atom. The van der Waals surface area contributed by atoms with Crippen molar-refractivity contribution in [2.24, 2.45) is 0 Å². The molecule has 2 N–H and O–H groups in total. The molecule has 0 heterocycles. The minimum absolute atomic E-state index is 0.0272. The molecule has 18 heavy (non-hydrogen) atoms. The van der Waals surface area contributed by atoms with Crippen LogP contribution in [0.3, 0.4) is 0 Å². The first-order valence-corrected chi connectivity index (χ1v) is 8.80. The summed E-state index contributed by atoms with van der Waals surface area (Å²) in [6.07, 6.45) is 0. The van der Waals surface area contributed by atoms with Crippen molar-refractivity contribution in [3.05, 3.63) is 24.0 Å². The van der Waals surface area contributed by atoms with E-state index in [4.69, 9.17) is 14.5 Å². The average Bonchev–Trinajstić information content (AvgIpc) is 2.18. The van der Waals surface area contributed by atoms with Gasteiger partial charge in [-0.25, -0.2) is 4.39 Å². The number of halogens is 1. The molecule has 0 fully saturated rings. The molecule has 0 aliphatic heterocycles. The summed E-state index contributed by atoms with van der Waals surface area (Å²) in [7, 11) is -3.83. The zero-order valence-electron chi connectivity index (χ0n) is 11.5. The molecule has 3 nitrogen and oxygen atoms in total. The zero-order chi connectivity index (χ0) is 14.1. The van der Waals surface area contributed by atoms with Crippen LogP contribution in [0.5, 0.6) is 5.75 Å². The summed E-state index contributed by atoms with van der Waals surface area (Å²) in [6.45, 7) is 10.5. The zero-order valence-corrected chi connectivity index (χ0v) is 12.5. The van der Waals surface area contributed by atoms with Gasteiger partial charge in [0.2, 0.25) is 8.32 Å². The standard InChI is InChI=1S/C12H20BFO3Si/c1-12(2,3)18(4,5)17-9-6-7-11(14)10(8-9)13(15)16/h6-8,15-16H,1-5H3. The number of rotatable bonds is 3. The van der Waals surface area contributed by atoms with Crippen LogP contribution >= 0.6 is 0 Å². The third kappa shape index (κ3) is 3.34. The molecule has 0 saturated carbocycles. The first-order chi connectivity index (χ1) is 8.04. The van der Waals surface area contributed by atoms with E-state index in [1.807, 2.05) is 0 Å². The van der Waals surface area contributed by atoms with Crippen LogP contribution in [0.4, 0.5) is 4.39 Å². The molecule has 1 aromatic carbocycles. The van der Waals surface area contributed by atoms with E-state index in [0.717, 1.165) is 0 Å². The van der Waals surface area contributed by atoms with Crippen molar-refractivity contribution in [2.45, 2.75) is 38.9 Å². The lowest BCUT2D eigenvalue weighted by Gasteiger charge is -2.36. The average molecular weight is 270 g/mol. The molecule has 100 valence electrons. The molecule has 0 aliphatic rings. The minimum atomic E-state index is -2.01. The van der Waals surface area contributed by atoms with E-state index in [1.165, 1.54) is 18.2 Å². The van der Waals surface area contributed by atoms with Crippen LogP contribution in [-0.2, 0) is 0 Å². The molecule has 1 aromatic rings. The summed E-state index contributed by atoms with van der Waals surface area (Å²) in [5.74, 6) is -0.168. The maximum atomic E-state index is 13.3. The van der Waals surface area contributed by atoms with Crippen LogP contribution in [0.1, 0.15) is 20.8 Å². The van der Waals surface area contributed by atoms with Crippen molar-refractivity contribution in [2.75, 3.05) is 0 Å². The highest BCUT2D eigenvalue weighted by Gasteiger charge is 2.39. The Kier molecular flexibility index (Phi) is 4.25. The van der Waals surface area contributed by atoms with Crippen LogP contribution in [0, 0.1) is 5.82 Å². The van der Waals surface area contributed by atoms with E-state index in [2.05, 4.69) is 33.9 Å². The van der Waals surface area contributed by atoms with Gasteiger partial charge in [0.05, 0.1) is 0 Å². The SMILES string of the molecule is CC(C)(C)[Si](C)(C)Oc1ccc(F)c(B(O)O)c1. The van der Waals surface area contributed by atoms with Crippen molar-refractivity contribution >= 4 is 20.9 Å². The topological polar surface area (TPSA) is 49.7 Å². The van der Waals surface area contributed by atoms with Crippen LogP contribution in [0.25, 0.3) is 0 Å². The predicted molar refractivity (Wildman–Crippen MR) is 74.1 cm³/mol. The summed E-state index contributed by atoms with van der Waals surface area (Å²) in [6, 6.07) is 4.06. The van der Waals surface area contributed by atoms with Gasteiger partial charge in [-0.05, 0) is 36.3 Å². The van der Waals surface area contributed by atoms with Crippen LogP contribution < -0.4 is 9.89 Å². The molecule has 1 rings (SSSR count). The molecule has 0 radical (unpaired) electrons. The fourth-order valence-electron chi connectivity index (χ4n) is 1.23. The van der Waals surface area contributed by atoms with Crippen LogP contribution in [0.2, 0.25) is 18.1 Å². The maximum Gasteiger partial charge on any atom is 0.491 e. The van der Waals surface area contributed by atoms with Gasteiger partial charge < -0.3 is 14.5 Å². The van der Waals surface area contributed by atoms with Crippen LogP contribution in [-0.4, -0.2) is 25.5 Å². The smallest absolute Gasteiger partial charge is 0.491 e. The number of hydrogen-bond donors (Lipinski definition) is 2. The molecule has 0 bridgehead atoms. The monoisotopic (exact) mass is 270 g/mol. The molecule has 0 unspecified atom stereocenters. The van der Waals surface area contributed by atoms with Crippen molar-refractivity contribution in [1.82, 2.24) is 0 Å². The Bertz CT molecular complexity index is 430. The van der Waals surface area contributed by atoms with Gasteiger partial charge in [0.1, 0.15) is 11.6 Å². The van der Waals surface area contributed by atoms with Crippen molar-refractivity contribution in [1.29, 1.82) is 0 Å². The van der Waals surface area contributed by atoms with Gasteiger partial charge in [-0.2, -0.15) is 0 Å². The first-order valence-electron chi connectivity index (χ1n) is 5.89. The fraction of sp³-hybridized carbons (Fsp3) is 0.500. The van der Waals surface area contributed by atoms with Gasteiger partial charge in [-0.1, -0.05) is 20.8 Å². The van der Waals surface area contributed by atoms with E-state index in [1.54, 1.807) is 0 Å². The summed E-state index contributed by atoms with van der Waals surface area (Å²) < 4.78 is 19.3. The lowest BCUT2D eigenvalue weighted by molar-refractivity contribution is 0.422. The highest BCUT2D eigenvalue weighted by atomic mass is 28.4. The van der Waals surface area contributed by atoms with E-state index < -0.39 is 21.3 Å². The highest BCUT2D eigenvalue weighted by molar-refractivity contribution is 6.74. The third-order valence-corrected chi connectivity index (χ3v) is 7.78. The van der Waals surface area contributed by atoms with E-state index in [-0.39, 0.29) is 10.5 Å². The lowest BCUT2D eigenvalue weighted by atomic mass is 9.80. The largest absolute Gasteiger partial charge is 0.544 e. The van der Waals surface area contributed by atoms with Gasteiger partial charge >= 0.3 is 7.12 Å². The van der Waals surface area contributed by atoms with Crippen molar-refractivity contribution in [3.63, 3.8) is 0 Å². The second-order valence-electron chi connectivity index (χ2n) is 5.92. The highest BCUT2D eigenvalue weighted by Crippen LogP contribution is 2.37. The Balaban J connectivity index is 3.03. The van der Waals surface area contributed by atoms with Gasteiger partial charge in [-0.3, -0.25) is 0 Å². The third-order valence-electron chi connectivity index (χ3n) is 3.42. The second-order valence-corrected chi connectivity index (χ2v) is 10.6. The summed E-state index contributed by atoms with van der Waals surface area (Å²) in [5.41, 5.74) is -0.161. The summed E-state index contributed by atoms with van der Waals surface area (Å²) in [5, 5.41) is 18.1. The molecule has 0 amide bonds. The second kappa shape index (κ2) is 5.03. The minimum Gasteiger partial charge on any atom is -0.544 e. The Morgan fingerprint density at radius 2 is 1.78 bits per heavy atom. The molecule has 0 aliphatic carbocycles.